The Kier molecular flexibility index (Phi) is 7.97. The number of sulfonamides is 1. The highest BCUT2D eigenvalue weighted by Gasteiger charge is 2.15. The highest BCUT2D eigenvalue weighted by atomic mass is 32.2. The summed E-state index contributed by atoms with van der Waals surface area (Å²) in [5, 5.41) is 2.99. The molecule has 0 saturated heterocycles. The lowest BCUT2D eigenvalue weighted by Gasteiger charge is -2.19. The molecule has 6 heteroatoms. The van der Waals surface area contributed by atoms with E-state index in [0.29, 0.717) is 16.8 Å². The molecule has 0 saturated carbocycles. The molecule has 3 aromatic rings. The van der Waals surface area contributed by atoms with Crippen molar-refractivity contribution in [1.29, 1.82) is 0 Å². The van der Waals surface area contributed by atoms with Crippen LogP contribution in [0.5, 0.6) is 0 Å². The predicted octanol–water partition coefficient (Wildman–Crippen LogP) is 5.86. The molecule has 0 radical (unpaired) electrons. The molecule has 0 aromatic heterocycles. The summed E-state index contributed by atoms with van der Waals surface area (Å²) in [6.07, 6.45) is 4.57. The molecular formula is C29H32N2O3S. The van der Waals surface area contributed by atoms with Crippen LogP contribution < -0.4 is 10.0 Å². The number of rotatable bonds is 8. The molecule has 0 spiro atoms. The van der Waals surface area contributed by atoms with Crippen molar-refractivity contribution in [2.24, 2.45) is 0 Å². The smallest absolute Gasteiger partial charge is 0.252 e. The summed E-state index contributed by atoms with van der Waals surface area (Å²) in [6, 6.07) is 23.0. The molecule has 3 rings (SSSR count). The van der Waals surface area contributed by atoms with Gasteiger partial charge in [0.1, 0.15) is 0 Å². The first-order valence-electron chi connectivity index (χ1n) is 11.4. The lowest BCUT2D eigenvalue weighted by Crippen LogP contribution is -2.24. The second-order valence-electron chi connectivity index (χ2n) is 9.48. The van der Waals surface area contributed by atoms with Gasteiger partial charge in [0.2, 0.25) is 10.0 Å². The van der Waals surface area contributed by atoms with Gasteiger partial charge in [0.05, 0.1) is 11.9 Å². The number of amides is 1. The molecule has 182 valence electrons. The maximum Gasteiger partial charge on any atom is 0.252 e. The number of hydrogen-bond donors (Lipinski definition) is 2. The van der Waals surface area contributed by atoms with Gasteiger partial charge in [-0.15, -0.1) is 0 Å². The van der Waals surface area contributed by atoms with Crippen LogP contribution in [-0.2, 0) is 26.8 Å². The summed E-state index contributed by atoms with van der Waals surface area (Å²) in [5.74, 6) is -0.199. The van der Waals surface area contributed by atoms with Crippen molar-refractivity contribution in [3.63, 3.8) is 0 Å². The van der Waals surface area contributed by atoms with Crippen molar-refractivity contribution in [3.8, 4) is 0 Å². The maximum atomic E-state index is 13.3. The Morgan fingerprint density at radius 2 is 1.63 bits per heavy atom. The largest absolute Gasteiger partial charge is 0.348 e. The third kappa shape index (κ3) is 7.42. The third-order valence-corrected chi connectivity index (χ3v) is 6.09. The van der Waals surface area contributed by atoms with Gasteiger partial charge >= 0.3 is 0 Å². The van der Waals surface area contributed by atoms with Crippen LogP contribution in [0.1, 0.15) is 48.6 Å². The highest BCUT2D eigenvalue weighted by molar-refractivity contribution is 7.92. The van der Waals surface area contributed by atoms with Crippen molar-refractivity contribution in [2.75, 3.05) is 11.0 Å². The quantitative estimate of drug-likeness (QED) is 0.308. The summed E-state index contributed by atoms with van der Waals surface area (Å²) in [7, 11) is -3.41. The molecule has 0 unspecified atom stereocenters. The SMILES string of the molecule is C=Cc1cc(CNC(=O)/C(=C/c2ccc(C(C)(C)C)cc2)c2ccccc2)ccc1NS(C)(=O)=O. The minimum Gasteiger partial charge on any atom is -0.348 e. The van der Waals surface area contributed by atoms with Crippen LogP contribution >= 0.6 is 0 Å². The lowest BCUT2D eigenvalue weighted by molar-refractivity contribution is -0.115. The molecule has 3 aromatic carbocycles. The van der Waals surface area contributed by atoms with Crippen molar-refractivity contribution in [1.82, 2.24) is 5.32 Å². The number of hydrogen-bond acceptors (Lipinski definition) is 3. The zero-order valence-electron chi connectivity index (χ0n) is 20.6. The molecule has 0 bridgehead atoms. The number of benzene rings is 3. The molecule has 2 N–H and O–H groups in total. The van der Waals surface area contributed by atoms with E-state index in [0.717, 1.165) is 22.9 Å². The molecule has 0 aliphatic rings. The zero-order chi connectivity index (χ0) is 25.6. The van der Waals surface area contributed by atoms with E-state index >= 15 is 0 Å². The van der Waals surface area contributed by atoms with E-state index in [1.807, 2.05) is 48.5 Å². The van der Waals surface area contributed by atoms with E-state index in [1.54, 1.807) is 24.3 Å². The van der Waals surface area contributed by atoms with Gasteiger partial charge in [-0.2, -0.15) is 0 Å². The van der Waals surface area contributed by atoms with Gasteiger partial charge in [-0.3, -0.25) is 9.52 Å². The number of nitrogens with one attached hydrogen (secondary N) is 2. The number of anilines is 1. The van der Waals surface area contributed by atoms with Gasteiger partial charge in [-0.25, -0.2) is 8.42 Å². The Labute approximate surface area is 208 Å². The average Bonchev–Trinajstić information content (AvgIpc) is 2.81. The van der Waals surface area contributed by atoms with E-state index in [-0.39, 0.29) is 17.9 Å². The van der Waals surface area contributed by atoms with Crippen LogP contribution in [0.4, 0.5) is 5.69 Å². The fourth-order valence-electron chi connectivity index (χ4n) is 3.60. The molecule has 0 atom stereocenters. The van der Waals surface area contributed by atoms with Crippen molar-refractivity contribution >= 4 is 39.3 Å². The van der Waals surface area contributed by atoms with Gasteiger partial charge in [0.25, 0.3) is 5.91 Å². The zero-order valence-corrected chi connectivity index (χ0v) is 21.4. The summed E-state index contributed by atoms with van der Waals surface area (Å²) in [5.41, 5.74) is 5.52. The summed E-state index contributed by atoms with van der Waals surface area (Å²) in [6.45, 7) is 10.6. The predicted molar refractivity (Wildman–Crippen MR) is 146 cm³/mol. The molecule has 0 heterocycles. The summed E-state index contributed by atoms with van der Waals surface area (Å²) in [4.78, 5) is 13.3. The van der Waals surface area contributed by atoms with E-state index in [9.17, 15) is 13.2 Å². The highest BCUT2D eigenvalue weighted by Crippen LogP contribution is 2.25. The first-order chi connectivity index (χ1) is 16.5. The Bertz CT molecular complexity index is 1330. The van der Waals surface area contributed by atoms with E-state index in [2.05, 4.69) is 49.5 Å². The third-order valence-electron chi connectivity index (χ3n) is 5.50. The molecule has 0 aliphatic carbocycles. The van der Waals surface area contributed by atoms with E-state index in [4.69, 9.17) is 0 Å². The van der Waals surface area contributed by atoms with Gasteiger partial charge < -0.3 is 5.32 Å². The molecule has 35 heavy (non-hydrogen) atoms. The van der Waals surface area contributed by atoms with Crippen LogP contribution in [-0.4, -0.2) is 20.6 Å². The monoisotopic (exact) mass is 488 g/mol. The Morgan fingerprint density at radius 1 is 0.971 bits per heavy atom. The minimum atomic E-state index is -3.41. The van der Waals surface area contributed by atoms with Crippen LogP contribution in [0.15, 0.2) is 79.4 Å². The minimum absolute atomic E-state index is 0.0541. The van der Waals surface area contributed by atoms with Gasteiger partial charge in [-0.1, -0.05) is 94.1 Å². The average molecular weight is 489 g/mol. The van der Waals surface area contributed by atoms with Gasteiger partial charge in [-0.05, 0) is 51.4 Å². The molecule has 5 nitrogen and oxygen atoms in total. The standard InChI is InChI=1S/C29H32N2O3S/c1-6-23-18-22(14-17-27(23)31-35(5,33)34)20-30-28(32)26(24-10-8-7-9-11-24)19-21-12-15-25(16-13-21)29(2,3)4/h6-19,31H,1,20H2,2-5H3,(H,30,32)/b26-19+. The van der Waals surface area contributed by atoms with Crippen LogP contribution in [0, 0.1) is 0 Å². The first kappa shape index (κ1) is 26.0. The van der Waals surface area contributed by atoms with Gasteiger partial charge in [0, 0.05) is 12.1 Å². The maximum absolute atomic E-state index is 13.3. The van der Waals surface area contributed by atoms with E-state index < -0.39 is 10.0 Å². The second kappa shape index (κ2) is 10.7. The van der Waals surface area contributed by atoms with Crippen molar-refractivity contribution in [3.05, 3.63) is 107 Å². The molecule has 0 aliphatic heterocycles. The van der Waals surface area contributed by atoms with Crippen LogP contribution in [0.25, 0.3) is 17.7 Å². The molecular weight excluding hydrogens is 456 g/mol. The Hall–Kier alpha value is -3.64. The summed E-state index contributed by atoms with van der Waals surface area (Å²) < 4.78 is 25.7. The van der Waals surface area contributed by atoms with Crippen LogP contribution in [0.2, 0.25) is 0 Å². The topological polar surface area (TPSA) is 75.3 Å². The van der Waals surface area contributed by atoms with Gasteiger partial charge in [0.15, 0.2) is 0 Å². The summed E-state index contributed by atoms with van der Waals surface area (Å²) >= 11 is 0. The van der Waals surface area contributed by atoms with Crippen molar-refractivity contribution < 1.29 is 13.2 Å². The number of carbonyl (C=O) groups excluding carboxylic acids is 1. The van der Waals surface area contributed by atoms with Crippen molar-refractivity contribution in [2.45, 2.75) is 32.7 Å². The Morgan fingerprint density at radius 3 is 2.20 bits per heavy atom. The second-order valence-corrected chi connectivity index (χ2v) is 11.2. The fraction of sp³-hybridized carbons (Fsp3) is 0.207. The Balaban J connectivity index is 1.84. The van der Waals surface area contributed by atoms with Crippen LogP contribution in [0.3, 0.4) is 0 Å². The lowest BCUT2D eigenvalue weighted by atomic mass is 9.86. The van der Waals surface area contributed by atoms with E-state index in [1.165, 1.54) is 5.56 Å². The number of carbonyl (C=O) groups is 1. The molecule has 1 amide bonds. The fourth-order valence-corrected chi connectivity index (χ4v) is 4.19. The first-order valence-corrected chi connectivity index (χ1v) is 13.2. The normalized spacial score (nSPS) is 12.2. The molecule has 0 fully saturated rings.